The summed E-state index contributed by atoms with van der Waals surface area (Å²) in [4.78, 5) is 0. The van der Waals surface area contributed by atoms with E-state index in [0.717, 1.165) is 16.3 Å². The maximum absolute atomic E-state index is 4.11. The summed E-state index contributed by atoms with van der Waals surface area (Å²) in [6.07, 6.45) is 5.88. The highest BCUT2D eigenvalue weighted by Gasteiger charge is 2.04. The van der Waals surface area contributed by atoms with E-state index in [1.807, 2.05) is 46.8 Å². The van der Waals surface area contributed by atoms with Gasteiger partial charge in [0, 0.05) is 0 Å². The number of fused-ring (bicyclic) bond motifs is 1. The van der Waals surface area contributed by atoms with Gasteiger partial charge in [0.25, 0.3) is 0 Å². The van der Waals surface area contributed by atoms with E-state index in [-0.39, 0.29) is 7.43 Å². The number of hydrogen-bond acceptors (Lipinski definition) is 0. The van der Waals surface area contributed by atoms with E-state index in [4.69, 9.17) is 0 Å². The SMILES string of the molecule is C.C=Cc1ccc(C=C)c2/c(=C\C)ccc(=C)c12.CC.CC. The average Bonchev–Trinajstić information content (AvgIpc) is 2.58. The molecule has 0 heterocycles. The van der Waals surface area contributed by atoms with Crippen molar-refractivity contribution in [3.05, 3.63) is 59.0 Å². The molecule has 0 saturated heterocycles. The third-order valence-electron chi connectivity index (χ3n) is 3.09. The van der Waals surface area contributed by atoms with Crippen molar-refractivity contribution in [3.63, 3.8) is 0 Å². The molecule has 0 N–H and O–H groups in total. The topological polar surface area (TPSA) is 0 Å². The van der Waals surface area contributed by atoms with E-state index >= 15 is 0 Å². The zero-order chi connectivity index (χ0) is 16.4. The molecule has 0 unspecified atom stereocenters. The first-order valence-corrected chi connectivity index (χ1v) is 7.68. The van der Waals surface area contributed by atoms with Gasteiger partial charge in [0.05, 0.1) is 0 Å². The Labute approximate surface area is 137 Å². The minimum Gasteiger partial charge on any atom is -0.0984 e. The molecule has 0 atom stereocenters. The Hall–Kier alpha value is -2.08. The van der Waals surface area contributed by atoms with Crippen LogP contribution in [0, 0.1) is 0 Å². The summed E-state index contributed by atoms with van der Waals surface area (Å²) in [7, 11) is 0. The fourth-order valence-corrected chi connectivity index (χ4v) is 2.23. The van der Waals surface area contributed by atoms with E-state index in [9.17, 15) is 0 Å². The summed E-state index contributed by atoms with van der Waals surface area (Å²) in [5.74, 6) is 0. The van der Waals surface area contributed by atoms with Crippen LogP contribution in [0.3, 0.4) is 0 Å². The second kappa shape index (κ2) is 11.6. The van der Waals surface area contributed by atoms with Crippen LogP contribution in [0.2, 0.25) is 0 Å². The van der Waals surface area contributed by atoms with Gasteiger partial charge in [-0.1, -0.05) is 97.4 Å². The lowest BCUT2D eigenvalue weighted by molar-refractivity contribution is 1.50. The van der Waals surface area contributed by atoms with Gasteiger partial charge in [0.1, 0.15) is 0 Å². The molecule has 0 saturated carbocycles. The van der Waals surface area contributed by atoms with Crippen LogP contribution in [0.5, 0.6) is 0 Å². The second-order valence-electron chi connectivity index (χ2n) is 4.00. The number of rotatable bonds is 2. The summed E-state index contributed by atoms with van der Waals surface area (Å²) >= 11 is 0. The molecule has 120 valence electrons. The Bertz CT molecular complexity index is 703. The molecule has 0 spiro atoms. The zero-order valence-corrected chi connectivity index (χ0v) is 14.2. The van der Waals surface area contributed by atoms with E-state index in [0.29, 0.717) is 0 Å². The first-order valence-electron chi connectivity index (χ1n) is 7.68. The van der Waals surface area contributed by atoms with Gasteiger partial charge in [-0.05, 0) is 39.3 Å². The molecule has 2 aromatic rings. The summed E-state index contributed by atoms with van der Waals surface area (Å²) in [6, 6.07) is 8.31. The first-order chi connectivity index (χ1) is 10.2. The van der Waals surface area contributed by atoms with Crippen molar-refractivity contribution < 1.29 is 0 Å². The van der Waals surface area contributed by atoms with Crippen molar-refractivity contribution in [2.24, 2.45) is 0 Å². The lowest BCUT2D eigenvalue weighted by Gasteiger charge is -2.08. The molecule has 0 aliphatic heterocycles. The van der Waals surface area contributed by atoms with Crippen LogP contribution in [-0.4, -0.2) is 0 Å². The van der Waals surface area contributed by atoms with E-state index < -0.39 is 0 Å². The minimum absolute atomic E-state index is 0. The number of hydrogen-bond donors (Lipinski definition) is 0. The molecule has 0 aliphatic carbocycles. The molecule has 0 fully saturated rings. The van der Waals surface area contributed by atoms with Gasteiger partial charge in [0.2, 0.25) is 0 Å². The molecule has 2 rings (SSSR count). The first kappa shape index (κ1) is 22.2. The zero-order valence-electron chi connectivity index (χ0n) is 14.2. The van der Waals surface area contributed by atoms with Crippen LogP contribution in [0.25, 0.3) is 35.6 Å². The van der Waals surface area contributed by atoms with Crippen LogP contribution in [0.15, 0.2) is 37.4 Å². The predicted octanol–water partition coefficient (Wildman–Crippen LogP) is 6.03. The molecule has 0 radical (unpaired) electrons. The Morgan fingerprint density at radius 3 is 1.64 bits per heavy atom. The highest BCUT2D eigenvalue weighted by Crippen LogP contribution is 2.19. The van der Waals surface area contributed by atoms with Crippen LogP contribution in [-0.2, 0) is 0 Å². The van der Waals surface area contributed by atoms with Gasteiger partial charge in [-0.2, -0.15) is 0 Å². The molecular weight excluding hydrogens is 264 g/mol. The molecule has 0 nitrogen and oxygen atoms in total. The van der Waals surface area contributed by atoms with Gasteiger partial charge in [0.15, 0.2) is 0 Å². The van der Waals surface area contributed by atoms with Crippen molar-refractivity contribution in [2.75, 3.05) is 0 Å². The van der Waals surface area contributed by atoms with Crippen molar-refractivity contribution in [1.29, 1.82) is 0 Å². The Morgan fingerprint density at radius 2 is 1.23 bits per heavy atom. The molecule has 0 aliphatic rings. The Balaban J connectivity index is 0. The maximum atomic E-state index is 4.11. The highest BCUT2D eigenvalue weighted by molar-refractivity contribution is 5.97. The maximum Gasteiger partial charge on any atom is -0.00305 e. The lowest BCUT2D eigenvalue weighted by Crippen LogP contribution is -2.12. The summed E-state index contributed by atoms with van der Waals surface area (Å²) < 4.78 is 0. The van der Waals surface area contributed by atoms with Crippen LogP contribution in [0.1, 0.15) is 53.2 Å². The summed E-state index contributed by atoms with van der Waals surface area (Å²) in [5, 5.41) is 4.63. The highest BCUT2D eigenvalue weighted by atomic mass is 14.1. The quantitative estimate of drug-likeness (QED) is 0.635. The van der Waals surface area contributed by atoms with Gasteiger partial charge >= 0.3 is 0 Å². The molecule has 22 heavy (non-hydrogen) atoms. The van der Waals surface area contributed by atoms with E-state index in [1.54, 1.807) is 0 Å². The van der Waals surface area contributed by atoms with Crippen LogP contribution < -0.4 is 10.4 Å². The molecule has 0 amide bonds. The predicted molar refractivity (Wildman–Crippen MR) is 108 cm³/mol. The largest absolute Gasteiger partial charge is 0.0984 e. The van der Waals surface area contributed by atoms with Gasteiger partial charge in [-0.15, -0.1) is 0 Å². The Kier molecular flexibility index (Phi) is 11.7. The van der Waals surface area contributed by atoms with Crippen LogP contribution in [0.4, 0.5) is 0 Å². The third kappa shape index (κ3) is 4.46. The van der Waals surface area contributed by atoms with E-state index in [1.165, 1.54) is 16.0 Å². The van der Waals surface area contributed by atoms with Crippen molar-refractivity contribution in [3.8, 4) is 0 Å². The molecule has 0 bridgehead atoms. The minimum atomic E-state index is 0. The fraction of sp³-hybridized carbons (Fsp3) is 0.273. The third-order valence-corrected chi connectivity index (χ3v) is 3.09. The lowest BCUT2D eigenvalue weighted by atomic mass is 9.96. The van der Waals surface area contributed by atoms with Crippen LogP contribution >= 0.6 is 0 Å². The van der Waals surface area contributed by atoms with Gasteiger partial charge in [-0.25, -0.2) is 0 Å². The van der Waals surface area contributed by atoms with Crippen molar-refractivity contribution in [1.82, 2.24) is 0 Å². The fourth-order valence-electron chi connectivity index (χ4n) is 2.23. The normalized spacial score (nSPS) is 9.59. The van der Waals surface area contributed by atoms with E-state index in [2.05, 4.69) is 50.1 Å². The second-order valence-corrected chi connectivity index (χ2v) is 4.00. The van der Waals surface area contributed by atoms with Crippen molar-refractivity contribution in [2.45, 2.75) is 42.0 Å². The Morgan fingerprint density at radius 1 is 0.773 bits per heavy atom. The molecule has 0 aromatic heterocycles. The summed E-state index contributed by atoms with van der Waals surface area (Å²) in [5.41, 5.74) is 2.27. The van der Waals surface area contributed by atoms with Gasteiger partial charge in [-0.3, -0.25) is 0 Å². The molecule has 0 heteroatoms. The average molecular weight is 296 g/mol. The molecule has 2 aromatic carbocycles. The monoisotopic (exact) mass is 296 g/mol. The summed E-state index contributed by atoms with van der Waals surface area (Å²) in [6.45, 7) is 21.9. The smallest absolute Gasteiger partial charge is 0.00305 e. The number of benzene rings is 2. The van der Waals surface area contributed by atoms with Gasteiger partial charge < -0.3 is 0 Å². The molecular formula is C22H32. The van der Waals surface area contributed by atoms with Crippen molar-refractivity contribution >= 4 is 35.6 Å². The standard InChI is InChI=1S/C17H16.2C2H6.CH4/c1-5-13-10-11-15(7-3)17-14(6-2)9-8-12(4)16(13)17;2*1-2;/h5-11H,1,3-4H2,2H3;2*1-2H3;1H4/b14-6-;;;.